The minimum Gasteiger partial charge on any atom is -0.469 e. The molecule has 0 bridgehead atoms. The van der Waals surface area contributed by atoms with Gasteiger partial charge in [-0.05, 0) is 24.4 Å². The van der Waals surface area contributed by atoms with Gasteiger partial charge >= 0.3 is 5.97 Å². The lowest BCUT2D eigenvalue weighted by Gasteiger charge is -2.38. The van der Waals surface area contributed by atoms with Gasteiger partial charge in [0.2, 0.25) is 8.32 Å². The quantitative estimate of drug-likeness (QED) is 0.565. The van der Waals surface area contributed by atoms with Crippen molar-refractivity contribution in [3.8, 4) is 0 Å². The van der Waals surface area contributed by atoms with Crippen LogP contribution in [0, 0.1) is 0 Å². The summed E-state index contributed by atoms with van der Waals surface area (Å²) in [7, 11) is -0.561. The second-order valence-corrected chi connectivity index (χ2v) is 10.4. The molecule has 1 fully saturated rings. The summed E-state index contributed by atoms with van der Waals surface area (Å²) in [4.78, 5) is 11.9. The molecule has 1 aliphatic heterocycles. The van der Waals surface area contributed by atoms with E-state index in [0.29, 0.717) is 11.1 Å². The number of carbonyl (C=O) groups is 1. The summed E-state index contributed by atoms with van der Waals surface area (Å²) >= 11 is 0. The van der Waals surface area contributed by atoms with Crippen molar-refractivity contribution in [2.75, 3.05) is 7.11 Å². The highest BCUT2D eigenvalue weighted by Gasteiger charge is 2.57. The lowest BCUT2D eigenvalue weighted by atomic mass is 10.2. The molecule has 0 radical (unpaired) electrons. The molecule has 16 heavy (non-hydrogen) atoms. The maximum Gasteiger partial charge on any atom is 0.308 e. The predicted octanol–water partition coefficient (Wildman–Crippen LogP) is 3.10. The molecule has 1 unspecified atom stereocenters. The highest BCUT2D eigenvalue weighted by Crippen LogP contribution is 2.50. The zero-order chi connectivity index (χ0) is 12.5. The molecule has 0 spiro atoms. The van der Waals surface area contributed by atoms with Crippen molar-refractivity contribution in [3.05, 3.63) is 0 Å². The first-order chi connectivity index (χ1) is 7.36. The molecule has 4 heteroatoms. The Morgan fingerprint density at radius 1 is 1.31 bits per heavy atom. The van der Waals surface area contributed by atoms with Gasteiger partial charge < -0.3 is 9.16 Å². The van der Waals surface area contributed by atoms with Crippen molar-refractivity contribution in [1.29, 1.82) is 0 Å². The summed E-state index contributed by atoms with van der Waals surface area (Å²) in [6.07, 6.45) is 1.02. The van der Waals surface area contributed by atoms with Crippen LogP contribution < -0.4 is 0 Å². The van der Waals surface area contributed by atoms with Gasteiger partial charge in [-0.15, -0.1) is 0 Å². The fourth-order valence-corrected chi connectivity index (χ4v) is 8.79. The number of hydrogen-bond acceptors (Lipinski definition) is 3. The topological polar surface area (TPSA) is 35.5 Å². The molecule has 2 atom stereocenters. The van der Waals surface area contributed by atoms with Crippen LogP contribution in [-0.2, 0) is 14.0 Å². The first-order valence-corrected chi connectivity index (χ1v) is 8.25. The van der Waals surface area contributed by atoms with Crippen LogP contribution in [0.25, 0.3) is 0 Å². The Morgan fingerprint density at radius 3 is 2.19 bits per heavy atom. The van der Waals surface area contributed by atoms with Crippen molar-refractivity contribution in [2.45, 2.75) is 63.8 Å². The van der Waals surface area contributed by atoms with Crippen molar-refractivity contribution < 1.29 is 14.0 Å². The van der Waals surface area contributed by atoms with Crippen LogP contribution in [0.3, 0.4) is 0 Å². The Hall–Kier alpha value is -0.353. The molecule has 1 aliphatic rings. The van der Waals surface area contributed by atoms with E-state index in [1.807, 2.05) is 0 Å². The molecule has 0 aromatic rings. The van der Waals surface area contributed by atoms with E-state index in [2.05, 4.69) is 34.6 Å². The zero-order valence-electron chi connectivity index (χ0n) is 11.2. The number of methoxy groups -OCH3 is 1. The van der Waals surface area contributed by atoms with Gasteiger partial charge in [-0.25, -0.2) is 0 Å². The number of hydrogen-bond donors (Lipinski definition) is 0. The Morgan fingerprint density at radius 2 is 1.81 bits per heavy atom. The van der Waals surface area contributed by atoms with Gasteiger partial charge in [-0.2, -0.15) is 0 Å². The second kappa shape index (κ2) is 4.88. The molecule has 1 saturated heterocycles. The largest absolute Gasteiger partial charge is 0.469 e. The van der Waals surface area contributed by atoms with E-state index in [-0.39, 0.29) is 17.6 Å². The monoisotopic (exact) mass is 244 g/mol. The first kappa shape index (κ1) is 13.7. The van der Waals surface area contributed by atoms with Gasteiger partial charge in [0.25, 0.3) is 0 Å². The molecular weight excluding hydrogens is 220 g/mol. The average Bonchev–Trinajstić information content (AvgIpc) is 2.56. The SMILES string of the molecule is COC(=O)[C@H]1CC(C)O[Si]1(C(C)C)C(C)C. The highest BCUT2D eigenvalue weighted by molar-refractivity contribution is 6.81. The van der Waals surface area contributed by atoms with Crippen LogP contribution >= 0.6 is 0 Å². The minimum atomic E-state index is -2.04. The predicted molar refractivity (Wildman–Crippen MR) is 66.9 cm³/mol. The summed E-state index contributed by atoms with van der Waals surface area (Å²) in [6, 6.07) is 0. The number of carbonyl (C=O) groups excluding carboxylic acids is 1. The smallest absolute Gasteiger partial charge is 0.308 e. The molecule has 0 saturated carbocycles. The van der Waals surface area contributed by atoms with Crippen molar-refractivity contribution in [2.24, 2.45) is 0 Å². The molecule has 0 aliphatic carbocycles. The third-order valence-corrected chi connectivity index (χ3v) is 9.79. The lowest BCUT2D eigenvalue weighted by Crippen LogP contribution is -2.48. The zero-order valence-corrected chi connectivity index (χ0v) is 12.2. The van der Waals surface area contributed by atoms with Crippen molar-refractivity contribution >= 4 is 14.3 Å². The van der Waals surface area contributed by atoms with Crippen LogP contribution in [0.4, 0.5) is 0 Å². The van der Waals surface area contributed by atoms with Crippen LogP contribution in [0.5, 0.6) is 0 Å². The fourth-order valence-electron chi connectivity index (χ4n) is 3.16. The Bertz CT molecular complexity index is 255. The van der Waals surface area contributed by atoms with Gasteiger partial charge in [-0.1, -0.05) is 27.7 Å². The van der Waals surface area contributed by atoms with Gasteiger partial charge in [0.05, 0.1) is 12.7 Å². The Labute approximate surface area is 99.6 Å². The molecule has 0 N–H and O–H groups in total. The third-order valence-electron chi connectivity index (χ3n) is 3.81. The number of esters is 1. The standard InChI is InChI=1S/C12H24O3Si/c1-8(2)16(9(3)4)11(12(13)14-6)7-10(5)15-16/h8-11H,7H2,1-6H3/t10?,11-/m1/s1. The lowest BCUT2D eigenvalue weighted by molar-refractivity contribution is -0.140. The second-order valence-electron chi connectivity index (χ2n) is 5.40. The van der Waals surface area contributed by atoms with Crippen LogP contribution in [0.15, 0.2) is 0 Å². The van der Waals surface area contributed by atoms with Gasteiger partial charge in [0.15, 0.2) is 0 Å². The van der Waals surface area contributed by atoms with Crippen molar-refractivity contribution in [3.63, 3.8) is 0 Å². The van der Waals surface area contributed by atoms with Crippen LogP contribution in [-0.4, -0.2) is 27.5 Å². The van der Waals surface area contributed by atoms with Crippen molar-refractivity contribution in [1.82, 2.24) is 0 Å². The Balaban J connectivity index is 3.08. The van der Waals surface area contributed by atoms with Gasteiger partial charge in [0, 0.05) is 6.10 Å². The Kier molecular flexibility index (Phi) is 4.18. The van der Waals surface area contributed by atoms with E-state index >= 15 is 0 Å². The normalized spacial score (nSPS) is 28.8. The van der Waals surface area contributed by atoms with E-state index in [1.54, 1.807) is 0 Å². The van der Waals surface area contributed by atoms with E-state index in [9.17, 15) is 4.79 Å². The van der Waals surface area contributed by atoms with Gasteiger partial charge in [0.1, 0.15) is 0 Å². The molecule has 3 nitrogen and oxygen atoms in total. The fraction of sp³-hybridized carbons (Fsp3) is 0.917. The molecular formula is C12H24O3Si. The third kappa shape index (κ3) is 2.05. The summed E-state index contributed by atoms with van der Waals surface area (Å²) in [5, 5.41) is 0. The molecule has 0 aromatic carbocycles. The number of rotatable bonds is 3. The van der Waals surface area contributed by atoms with E-state index in [1.165, 1.54) is 7.11 Å². The minimum absolute atomic E-state index is 0.00694. The van der Waals surface area contributed by atoms with Crippen LogP contribution in [0.1, 0.15) is 41.0 Å². The first-order valence-electron chi connectivity index (χ1n) is 6.11. The van der Waals surface area contributed by atoms with Gasteiger partial charge in [-0.3, -0.25) is 4.79 Å². The summed E-state index contributed by atoms with van der Waals surface area (Å²) < 4.78 is 11.2. The molecule has 0 aromatic heterocycles. The van der Waals surface area contributed by atoms with E-state index in [4.69, 9.17) is 9.16 Å². The summed E-state index contributed by atoms with van der Waals surface area (Å²) in [5.74, 6) is -0.0709. The maximum absolute atomic E-state index is 11.9. The summed E-state index contributed by atoms with van der Waals surface area (Å²) in [6.45, 7) is 10.8. The molecule has 1 rings (SSSR count). The molecule has 94 valence electrons. The molecule has 1 heterocycles. The van der Waals surface area contributed by atoms with Crippen LogP contribution in [0.2, 0.25) is 16.6 Å². The number of ether oxygens (including phenoxy) is 1. The summed E-state index contributed by atoms with van der Waals surface area (Å²) in [5.41, 5.74) is 0.899. The van der Waals surface area contributed by atoms with E-state index in [0.717, 1.165) is 6.42 Å². The molecule has 0 amide bonds. The van der Waals surface area contributed by atoms with E-state index < -0.39 is 8.32 Å². The highest BCUT2D eigenvalue weighted by atomic mass is 28.4. The maximum atomic E-state index is 11.9. The average molecular weight is 244 g/mol.